The molecule has 0 amide bonds. The molecule has 0 N–H and O–H groups in total. The molecule has 0 aliphatic carbocycles. The van der Waals surface area contributed by atoms with Crippen molar-refractivity contribution in [1.29, 1.82) is 0 Å². The first-order valence-corrected chi connectivity index (χ1v) is 18.7. The largest absolute Gasteiger partial charge is 0.435 e. The van der Waals surface area contributed by atoms with Crippen molar-refractivity contribution in [2.75, 3.05) is 0 Å². The summed E-state index contributed by atoms with van der Waals surface area (Å²) in [5.74, 6) is 2.52. The van der Waals surface area contributed by atoms with Crippen LogP contribution in [-0.4, -0.2) is 19.9 Å². The minimum absolute atomic E-state index is 0.613. The van der Waals surface area contributed by atoms with Crippen LogP contribution in [0.4, 0.5) is 0 Å². The lowest BCUT2D eigenvalue weighted by Gasteiger charge is -2.12. The highest BCUT2D eigenvalue weighted by Crippen LogP contribution is 2.41. The van der Waals surface area contributed by atoms with E-state index in [1.807, 2.05) is 36.4 Å². The Morgan fingerprint density at radius 3 is 1.87 bits per heavy atom. The van der Waals surface area contributed by atoms with Crippen LogP contribution >= 0.6 is 11.3 Å². The van der Waals surface area contributed by atoms with Gasteiger partial charge in [-0.25, -0.2) is 19.9 Å². The zero-order valence-corrected chi connectivity index (χ0v) is 29.6. The van der Waals surface area contributed by atoms with E-state index in [1.54, 1.807) is 11.3 Å². The first-order chi connectivity index (χ1) is 26.7. The molecule has 11 aromatic rings. The third-order valence-corrected chi connectivity index (χ3v) is 11.3. The van der Waals surface area contributed by atoms with Crippen LogP contribution in [0.25, 0.3) is 110 Å². The maximum Gasteiger partial charge on any atom is 0.227 e. The van der Waals surface area contributed by atoms with Crippen molar-refractivity contribution in [2.45, 2.75) is 0 Å². The van der Waals surface area contributed by atoms with Gasteiger partial charge in [0.2, 0.25) is 5.89 Å². The summed E-state index contributed by atoms with van der Waals surface area (Å²) in [6.07, 6.45) is 0. The minimum Gasteiger partial charge on any atom is -0.435 e. The molecule has 0 radical (unpaired) electrons. The second kappa shape index (κ2) is 12.3. The summed E-state index contributed by atoms with van der Waals surface area (Å²) in [7, 11) is 0. The fourth-order valence-corrected chi connectivity index (χ4v) is 8.76. The molecule has 252 valence electrons. The Balaban J connectivity index is 1.08. The molecule has 5 nitrogen and oxygen atoms in total. The highest BCUT2D eigenvalue weighted by Gasteiger charge is 2.19. The van der Waals surface area contributed by atoms with Crippen molar-refractivity contribution in [3.05, 3.63) is 170 Å². The predicted octanol–water partition coefficient (Wildman–Crippen LogP) is 13.0. The first-order valence-electron chi connectivity index (χ1n) is 17.9. The molecule has 11 rings (SSSR count). The van der Waals surface area contributed by atoms with Crippen LogP contribution in [0.2, 0.25) is 0 Å². The Morgan fingerprint density at radius 1 is 0.370 bits per heavy atom. The molecule has 0 bridgehead atoms. The Labute approximate surface area is 313 Å². The highest BCUT2D eigenvalue weighted by atomic mass is 32.1. The van der Waals surface area contributed by atoms with Crippen molar-refractivity contribution >= 4 is 64.2 Å². The summed E-state index contributed by atoms with van der Waals surface area (Å²) in [5, 5.41) is 6.74. The first kappa shape index (κ1) is 30.6. The SMILES string of the molecule is c1ccc(-c2nc3ccc4cccc(-c5ccc(-c6nc(-c7cccc8ccccc78)nc(-c7cccc8sc9ccccc9c78)n6)cc5)c4c3o2)cc1. The molecule has 0 spiro atoms. The van der Waals surface area contributed by atoms with Crippen molar-refractivity contribution in [3.8, 4) is 56.7 Å². The molecule has 0 saturated heterocycles. The number of hydrogen-bond acceptors (Lipinski definition) is 6. The normalized spacial score (nSPS) is 11.7. The number of fused-ring (bicyclic) bond motifs is 7. The van der Waals surface area contributed by atoms with Crippen molar-refractivity contribution in [1.82, 2.24) is 19.9 Å². The van der Waals surface area contributed by atoms with E-state index >= 15 is 0 Å². The van der Waals surface area contributed by atoms with Crippen LogP contribution in [0.15, 0.2) is 174 Å². The summed E-state index contributed by atoms with van der Waals surface area (Å²) >= 11 is 1.79. The fourth-order valence-electron chi connectivity index (χ4n) is 7.63. The quantitative estimate of drug-likeness (QED) is 0.178. The molecule has 6 heteroatoms. The molecule has 3 aromatic heterocycles. The second-order valence-electron chi connectivity index (χ2n) is 13.4. The van der Waals surface area contributed by atoms with Gasteiger partial charge in [0.25, 0.3) is 0 Å². The van der Waals surface area contributed by atoms with Crippen molar-refractivity contribution in [3.63, 3.8) is 0 Å². The van der Waals surface area contributed by atoms with Gasteiger partial charge in [-0.2, -0.15) is 0 Å². The number of oxazole rings is 1. The molecular weight excluding hydrogens is 681 g/mol. The van der Waals surface area contributed by atoms with E-state index in [9.17, 15) is 0 Å². The molecule has 3 heterocycles. The molecule has 0 aliphatic rings. The van der Waals surface area contributed by atoms with E-state index in [2.05, 4.69) is 133 Å². The third-order valence-electron chi connectivity index (χ3n) is 10.2. The van der Waals surface area contributed by atoms with Crippen LogP contribution in [0.5, 0.6) is 0 Å². The van der Waals surface area contributed by atoms with Gasteiger partial charge >= 0.3 is 0 Å². The van der Waals surface area contributed by atoms with E-state index in [0.717, 1.165) is 66.0 Å². The van der Waals surface area contributed by atoms with E-state index in [-0.39, 0.29) is 0 Å². The highest BCUT2D eigenvalue weighted by molar-refractivity contribution is 7.25. The number of aromatic nitrogens is 4. The van der Waals surface area contributed by atoms with Gasteiger partial charge in [-0.1, -0.05) is 140 Å². The summed E-state index contributed by atoms with van der Waals surface area (Å²) in [5.41, 5.74) is 7.57. The smallest absolute Gasteiger partial charge is 0.227 e. The molecule has 54 heavy (non-hydrogen) atoms. The van der Waals surface area contributed by atoms with Gasteiger partial charge < -0.3 is 4.42 Å². The summed E-state index contributed by atoms with van der Waals surface area (Å²) < 4.78 is 8.93. The third kappa shape index (κ3) is 4.99. The second-order valence-corrected chi connectivity index (χ2v) is 14.5. The average molecular weight is 709 g/mol. The van der Waals surface area contributed by atoms with E-state index in [1.165, 1.54) is 20.2 Å². The molecular formula is C48H28N4OS. The Morgan fingerprint density at radius 2 is 1.00 bits per heavy atom. The molecule has 8 aromatic carbocycles. The van der Waals surface area contributed by atoms with Gasteiger partial charge in [-0.05, 0) is 57.6 Å². The average Bonchev–Trinajstić information content (AvgIpc) is 3.86. The minimum atomic E-state index is 0.613. The zero-order chi connectivity index (χ0) is 35.6. The number of benzene rings is 8. The van der Waals surface area contributed by atoms with Crippen LogP contribution in [0, 0.1) is 0 Å². The topological polar surface area (TPSA) is 64.7 Å². The molecule has 0 fully saturated rings. The van der Waals surface area contributed by atoms with Gasteiger partial charge in [0.15, 0.2) is 23.1 Å². The maximum absolute atomic E-state index is 6.48. The Hall–Kier alpha value is -7.02. The van der Waals surface area contributed by atoms with E-state index in [4.69, 9.17) is 24.4 Å². The lowest BCUT2D eigenvalue weighted by atomic mass is 9.96. The fraction of sp³-hybridized carbons (Fsp3) is 0. The number of hydrogen-bond donors (Lipinski definition) is 0. The van der Waals surface area contributed by atoms with Gasteiger partial charge in [-0.15, -0.1) is 11.3 Å². The molecule has 0 aliphatic heterocycles. The summed E-state index contributed by atoms with van der Waals surface area (Å²) in [4.78, 5) is 20.4. The molecule has 0 atom stereocenters. The van der Waals surface area contributed by atoms with Crippen LogP contribution in [0.1, 0.15) is 0 Å². The monoisotopic (exact) mass is 708 g/mol. The lowest BCUT2D eigenvalue weighted by molar-refractivity contribution is 0.623. The van der Waals surface area contributed by atoms with Gasteiger partial charge in [0, 0.05) is 47.8 Å². The zero-order valence-electron chi connectivity index (χ0n) is 28.8. The van der Waals surface area contributed by atoms with Gasteiger partial charge in [-0.3, -0.25) is 0 Å². The van der Waals surface area contributed by atoms with Gasteiger partial charge in [0.1, 0.15) is 5.52 Å². The molecule has 0 unspecified atom stereocenters. The maximum atomic E-state index is 6.48. The Bertz CT molecular complexity index is 3220. The van der Waals surface area contributed by atoms with E-state index in [0.29, 0.717) is 23.4 Å². The van der Waals surface area contributed by atoms with Gasteiger partial charge in [0.05, 0.1) is 0 Å². The lowest BCUT2D eigenvalue weighted by Crippen LogP contribution is -2.01. The van der Waals surface area contributed by atoms with Crippen molar-refractivity contribution < 1.29 is 4.42 Å². The number of thiophene rings is 1. The standard InChI is InChI=1S/C48H28N4OS/c1-2-12-33(13-3-1)48-49-39-28-27-31-15-9-18-35(42(31)44(39)53-48)30-23-25-32(26-24-30)45-50-46(36-19-8-14-29-11-4-5-16-34(29)36)52-47(51-45)38-20-10-22-41-43(38)37-17-6-7-21-40(37)54-41/h1-28H. The van der Waals surface area contributed by atoms with Crippen LogP contribution in [0.3, 0.4) is 0 Å². The summed E-state index contributed by atoms with van der Waals surface area (Å²) in [6, 6.07) is 58.7. The van der Waals surface area contributed by atoms with Crippen LogP contribution < -0.4 is 0 Å². The Kier molecular flexibility index (Phi) is 6.97. The van der Waals surface area contributed by atoms with Crippen molar-refractivity contribution in [2.24, 2.45) is 0 Å². The van der Waals surface area contributed by atoms with E-state index < -0.39 is 0 Å². The summed E-state index contributed by atoms with van der Waals surface area (Å²) in [6.45, 7) is 0. The molecule has 0 saturated carbocycles. The number of nitrogens with zero attached hydrogens (tertiary/aromatic N) is 4. The number of rotatable bonds is 5. The predicted molar refractivity (Wildman–Crippen MR) is 222 cm³/mol. The van der Waals surface area contributed by atoms with Crippen LogP contribution in [-0.2, 0) is 0 Å².